The van der Waals surface area contributed by atoms with E-state index in [4.69, 9.17) is 5.73 Å². The molecule has 0 heterocycles. The molecule has 0 aromatic heterocycles. The van der Waals surface area contributed by atoms with E-state index < -0.39 is 0 Å². The van der Waals surface area contributed by atoms with E-state index in [2.05, 4.69) is 33.0 Å². The number of rotatable bonds is 4. The first kappa shape index (κ1) is 14.5. The SMILES string of the molecule is CCC(C)C(C)NC(=O)C1CCC(N)C(C)C1. The lowest BCUT2D eigenvalue weighted by Gasteiger charge is -2.32. The molecule has 0 bridgehead atoms. The molecule has 1 amide bonds. The summed E-state index contributed by atoms with van der Waals surface area (Å²) < 4.78 is 0. The molecule has 0 radical (unpaired) electrons. The third kappa shape index (κ3) is 3.98. The number of carbonyl (C=O) groups excluding carboxylic acids is 1. The Balaban J connectivity index is 2.43. The number of hydrogen-bond donors (Lipinski definition) is 2. The van der Waals surface area contributed by atoms with Gasteiger partial charge in [0.2, 0.25) is 5.91 Å². The lowest BCUT2D eigenvalue weighted by molar-refractivity contribution is -0.127. The Bertz CT molecular complexity index is 255. The lowest BCUT2D eigenvalue weighted by atomic mass is 9.79. The van der Waals surface area contributed by atoms with E-state index in [1.54, 1.807) is 0 Å². The van der Waals surface area contributed by atoms with Crippen LogP contribution >= 0.6 is 0 Å². The van der Waals surface area contributed by atoms with Gasteiger partial charge in [0, 0.05) is 18.0 Å². The van der Waals surface area contributed by atoms with Crippen LogP contribution in [0.25, 0.3) is 0 Å². The summed E-state index contributed by atoms with van der Waals surface area (Å²) in [6, 6.07) is 0.560. The summed E-state index contributed by atoms with van der Waals surface area (Å²) >= 11 is 0. The summed E-state index contributed by atoms with van der Waals surface area (Å²) in [7, 11) is 0. The van der Waals surface area contributed by atoms with E-state index >= 15 is 0 Å². The third-order valence-corrected chi connectivity index (χ3v) is 4.47. The van der Waals surface area contributed by atoms with Crippen LogP contribution in [-0.2, 0) is 4.79 Å². The number of nitrogens with two attached hydrogens (primary N) is 1. The molecule has 1 aliphatic rings. The first-order valence-corrected chi connectivity index (χ1v) is 7.01. The summed E-state index contributed by atoms with van der Waals surface area (Å²) in [5, 5.41) is 3.16. The minimum atomic E-state index is 0.177. The molecule has 1 saturated carbocycles. The highest BCUT2D eigenvalue weighted by Crippen LogP contribution is 2.28. The van der Waals surface area contributed by atoms with Crippen molar-refractivity contribution in [2.75, 3.05) is 0 Å². The van der Waals surface area contributed by atoms with Crippen LogP contribution in [-0.4, -0.2) is 18.0 Å². The predicted molar refractivity (Wildman–Crippen MR) is 71.5 cm³/mol. The van der Waals surface area contributed by atoms with Gasteiger partial charge >= 0.3 is 0 Å². The fraction of sp³-hybridized carbons (Fsp3) is 0.929. The van der Waals surface area contributed by atoms with E-state index in [1.165, 1.54) is 0 Å². The topological polar surface area (TPSA) is 55.1 Å². The quantitative estimate of drug-likeness (QED) is 0.792. The number of nitrogens with one attached hydrogen (secondary N) is 1. The minimum Gasteiger partial charge on any atom is -0.353 e. The highest BCUT2D eigenvalue weighted by atomic mass is 16.1. The van der Waals surface area contributed by atoms with Crippen molar-refractivity contribution in [3.8, 4) is 0 Å². The van der Waals surface area contributed by atoms with Crippen molar-refractivity contribution in [3.63, 3.8) is 0 Å². The summed E-state index contributed by atoms with van der Waals surface area (Å²) in [6.45, 7) is 8.60. The molecule has 1 rings (SSSR count). The summed E-state index contributed by atoms with van der Waals surface area (Å²) in [6.07, 6.45) is 3.98. The Hall–Kier alpha value is -0.570. The van der Waals surface area contributed by atoms with Crippen molar-refractivity contribution < 1.29 is 4.79 Å². The second-order valence-electron chi connectivity index (χ2n) is 5.83. The Morgan fingerprint density at radius 3 is 2.59 bits per heavy atom. The number of hydrogen-bond acceptors (Lipinski definition) is 2. The molecule has 1 fully saturated rings. The van der Waals surface area contributed by atoms with Crippen molar-refractivity contribution in [1.29, 1.82) is 0 Å². The van der Waals surface area contributed by atoms with E-state index in [1.807, 2.05) is 0 Å². The van der Waals surface area contributed by atoms with Crippen LogP contribution in [0.1, 0.15) is 53.4 Å². The largest absolute Gasteiger partial charge is 0.353 e. The normalized spacial score (nSPS) is 32.9. The molecule has 100 valence electrons. The molecule has 3 N–H and O–H groups in total. The van der Waals surface area contributed by atoms with Crippen molar-refractivity contribution in [2.24, 2.45) is 23.5 Å². The van der Waals surface area contributed by atoms with Crippen LogP contribution in [0.4, 0.5) is 0 Å². The molecule has 17 heavy (non-hydrogen) atoms. The zero-order valence-electron chi connectivity index (χ0n) is 11.7. The fourth-order valence-electron chi connectivity index (χ4n) is 2.50. The van der Waals surface area contributed by atoms with E-state index in [0.29, 0.717) is 11.8 Å². The Labute approximate surface area is 106 Å². The first-order chi connectivity index (χ1) is 7.95. The van der Waals surface area contributed by atoms with Crippen molar-refractivity contribution in [2.45, 2.75) is 65.5 Å². The summed E-state index contributed by atoms with van der Waals surface area (Å²) in [4.78, 5) is 12.1. The van der Waals surface area contributed by atoms with Crippen LogP contribution in [0.15, 0.2) is 0 Å². The molecule has 3 nitrogen and oxygen atoms in total. The smallest absolute Gasteiger partial charge is 0.223 e. The predicted octanol–water partition coefficient (Wildman–Crippen LogP) is 2.30. The van der Waals surface area contributed by atoms with Crippen molar-refractivity contribution in [3.05, 3.63) is 0 Å². The molecule has 0 spiro atoms. The molecular formula is C14H28N2O. The van der Waals surface area contributed by atoms with Gasteiger partial charge in [0.25, 0.3) is 0 Å². The second kappa shape index (κ2) is 6.39. The standard InChI is InChI=1S/C14H28N2O/c1-5-9(2)11(4)16-14(17)12-6-7-13(15)10(3)8-12/h9-13H,5-8,15H2,1-4H3,(H,16,17). The average Bonchev–Trinajstić information content (AvgIpc) is 2.31. The van der Waals surface area contributed by atoms with E-state index in [-0.39, 0.29) is 23.9 Å². The molecule has 1 aliphatic carbocycles. The molecule has 0 aliphatic heterocycles. The summed E-state index contributed by atoms with van der Waals surface area (Å²) in [5.74, 6) is 1.42. The van der Waals surface area contributed by atoms with Gasteiger partial charge in [-0.3, -0.25) is 4.79 Å². The molecule has 0 saturated heterocycles. The van der Waals surface area contributed by atoms with Gasteiger partial charge in [-0.2, -0.15) is 0 Å². The van der Waals surface area contributed by atoms with Gasteiger partial charge in [0.05, 0.1) is 0 Å². The maximum atomic E-state index is 12.1. The maximum absolute atomic E-state index is 12.1. The van der Waals surface area contributed by atoms with Crippen molar-refractivity contribution in [1.82, 2.24) is 5.32 Å². The summed E-state index contributed by atoms with van der Waals surface area (Å²) in [5.41, 5.74) is 5.98. The number of amides is 1. The van der Waals surface area contributed by atoms with Crippen LogP contribution in [0.3, 0.4) is 0 Å². The maximum Gasteiger partial charge on any atom is 0.223 e. The van der Waals surface area contributed by atoms with Gasteiger partial charge in [-0.1, -0.05) is 27.2 Å². The zero-order valence-corrected chi connectivity index (χ0v) is 11.7. The lowest BCUT2D eigenvalue weighted by Crippen LogP contribution is -2.44. The van der Waals surface area contributed by atoms with Gasteiger partial charge in [-0.15, -0.1) is 0 Å². The fourth-order valence-corrected chi connectivity index (χ4v) is 2.50. The molecule has 0 aromatic carbocycles. The van der Waals surface area contributed by atoms with Crippen molar-refractivity contribution >= 4 is 5.91 Å². The Morgan fingerprint density at radius 1 is 1.41 bits per heavy atom. The third-order valence-electron chi connectivity index (χ3n) is 4.47. The zero-order chi connectivity index (χ0) is 13.0. The van der Waals surface area contributed by atoms with Gasteiger partial charge in [0.1, 0.15) is 0 Å². The Morgan fingerprint density at radius 2 is 2.06 bits per heavy atom. The molecule has 5 unspecified atom stereocenters. The highest BCUT2D eigenvalue weighted by Gasteiger charge is 2.30. The van der Waals surface area contributed by atoms with Crippen LogP contribution in [0.2, 0.25) is 0 Å². The Kier molecular flexibility index (Phi) is 5.44. The minimum absolute atomic E-state index is 0.177. The monoisotopic (exact) mass is 240 g/mol. The van der Waals surface area contributed by atoms with E-state index in [9.17, 15) is 4.79 Å². The molecular weight excluding hydrogens is 212 g/mol. The molecule has 3 heteroatoms. The van der Waals surface area contributed by atoms with Gasteiger partial charge in [-0.25, -0.2) is 0 Å². The van der Waals surface area contributed by atoms with Gasteiger partial charge in [0.15, 0.2) is 0 Å². The second-order valence-corrected chi connectivity index (χ2v) is 5.83. The average molecular weight is 240 g/mol. The number of carbonyl (C=O) groups is 1. The first-order valence-electron chi connectivity index (χ1n) is 7.01. The van der Waals surface area contributed by atoms with E-state index in [0.717, 1.165) is 25.7 Å². The van der Waals surface area contributed by atoms with Crippen LogP contribution in [0, 0.1) is 17.8 Å². The molecule has 0 aromatic rings. The van der Waals surface area contributed by atoms with Crippen LogP contribution in [0.5, 0.6) is 0 Å². The van der Waals surface area contributed by atoms with Crippen LogP contribution < -0.4 is 11.1 Å². The van der Waals surface area contributed by atoms with Gasteiger partial charge < -0.3 is 11.1 Å². The molecule has 5 atom stereocenters. The van der Waals surface area contributed by atoms with Gasteiger partial charge in [-0.05, 0) is 38.0 Å². The highest BCUT2D eigenvalue weighted by molar-refractivity contribution is 5.79.